The summed E-state index contributed by atoms with van der Waals surface area (Å²) in [6.45, 7) is 6.63. The van der Waals surface area contributed by atoms with Gasteiger partial charge in [-0.25, -0.2) is 0 Å². The molecule has 0 aromatic rings. The smallest absolute Gasteiger partial charge is 0.306 e. The van der Waals surface area contributed by atoms with Crippen LogP contribution in [-0.2, 0) is 28.6 Å². The summed E-state index contributed by atoms with van der Waals surface area (Å²) in [5, 5.41) is 0. The van der Waals surface area contributed by atoms with Gasteiger partial charge in [-0.2, -0.15) is 0 Å². The first-order chi connectivity index (χ1) is 39.0. The predicted octanol–water partition coefficient (Wildman–Crippen LogP) is 23.9. The summed E-state index contributed by atoms with van der Waals surface area (Å²) in [5.74, 6) is -0.867. The minimum atomic E-state index is -0.779. The molecule has 0 aliphatic rings. The standard InChI is InChI=1S/C73H132O6/c1-4-7-10-13-16-19-22-25-28-30-32-33-34-35-36-37-38-39-40-41-42-44-45-48-51-54-57-60-63-66-72(75)78-69-70(68-77-71(74)65-62-59-56-53-50-47-27-24-21-18-15-12-9-6-3)79-73(76)67-64-61-58-55-52-49-46-43-31-29-26-23-20-17-14-11-8-5-2/h15,18,22,24-25,27,30,32,34-35,70H,4-14,16-17,19-21,23,26,28-29,31,33,36-69H2,1-3H3/b18-15-,25-22-,27-24-,32-30-,35-34-. The number of allylic oxidation sites excluding steroid dienone is 10. The van der Waals surface area contributed by atoms with Gasteiger partial charge in [-0.05, 0) is 83.5 Å². The average molecular weight is 1110 g/mol. The van der Waals surface area contributed by atoms with Gasteiger partial charge in [0.15, 0.2) is 6.10 Å². The third-order valence-electron chi connectivity index (χ3n) is 15.5. The zero-order valence-electron chi connectivity index (χ0n) is 52.9. The molecule has 79 heavy (non-hydrogen) atoms. The Labute approximate surface area is 491 Å². The predicted molar refractivity (Wildman–Crippen MR) is 344 cm³/mol. The lowest BCUT2D eigenvalue weighted by Gasteiger charge is -2.18. The SMILES string of the molecule is CCCC/C=C\C/C=C\CCCCCCCC(=O)OCC(COC(=O)CCCCCCCCCCCCCCCC/C=C\C/C=C\C/C=C\CCCCCCC)OC(=O)CCCCCCCCCCCCCCCCCCCC. The highest BCUT2D eigenvalue weighted by atomic mass is 16.6. The quantitative estimate of drug-likeness (QED) is 0.0261. The Bertz CT molecular complexity index is 1410. The molecule has 0 aromatic heterocycles. The van der Waals surface area contributed by atoms with Gasteiger partial charge in [-0.15, -0.1) is 0 Å². The van der Waals surface area contributed by atoms with Crippen LogP contribution in [0.2, 0.25) is 0 Å². The van der Waals surface area contributed by atoms with Crippen LogP contribution < -0.4 is 0 Å². The molecule has 0 amide bonds. The number of ether oxygens (including phenoxy) is 3. The summed E-state index contributed by atoms with van der Waals surface area (Å²) < 4.78 is 17.0. The van der Waals surface area contributed by atoms with Crippen LogP contribution in [0.5, 0.6) is 0 Å². The Morgan fingerprint density at radius 2 is 0.468 bits per heavy atom. The molecular formula is C73H132O6. The highest BCUT2D eigenvalue weighted by Gasteiger charge is 2.19. The molecule has 0 radical (unpaired) electrons. The zero-order valence-corrected chi connectivity index (χ0v) is 52.9. The van der Waals surface area contributed by atoms with Crippen LogP contribution in [0.3, 0.4) is 0 Å². The van der Waals surface area contributed by atoms with Gasteiger partial charge in [0, 0.05) is 19.3 Å². The van der Waals surface area contributed by atoms with Crippen molar-refractivity contribution >= 4 is 17.9 Å². The van der Waals surface area contributed by atoms with Crippen molar-refractivity contribution in [2.45, 2.75) is 374 Å². The molecule has 6 heteroatoms. The van der Waals surface area contributed by atoms with Crippen molar-refractivity contribution in [3.8, 4) is 0 Å². The van der Waals surface area contributed by atoms with E-state index in [9.17, 15) is 14.4 Å². The lowest BCUT2D eigenvalue weighted by molar-refractivity contribution is -0.167. The highest BCUT2D eigenvalue weighted by molar-refractivity contribution is 5.71. The van der Waals surface area contributed by atoms with E-state index in [0.717, 1.165) is 89.9 Å². The largest absolute Gasteiger partial charge is 0.462 e. The Morgan fingerprint density at radius 3 is 0.747 bits per heavy atom. The van der Waals surface area contributed by atoms with Crippen LogP contribution in [-0.4, -0.2) is 37.2 Å². The van der Waals surface area contributed by atoms with Crippen molar-refractivity contribution in [1.29, 1.82) is 0 Å². The Morgan fingerprint density at radius 1 is 0.253 bits per heavy atom. The molecule has 0 heterocycles. The molecule has 0 rings (SSSR count). The summed E-state index contributed by atoms with van der Waals surface area (Å²) in [6.07, 6.45) is 86.7. The maximum Gasteiger partial charge on any atom is 0.306 e. The Hall–Kier alpha value is -2.89. The fraction of sp³-hybridized carbons (Fsp3) is 0.822. The maximum absolute atomic E-state index is 12.9. The van der Waals surface area contributed by atoms with Gasteiger partial charge in [0.25, 0.3) is 0 Å². The maximum atomic E-state index is 12.9. The minimum Gasteiger partial charge on any atom is -0.462 e. The molecule has 0 N–H and O–H groups in total. The van der Waals surface area contributed by atoms with Gasteiger partial charge in [-0.3, -0.25) is 14.4 Å². The second-order valence-corrected chi connectivity index (χ2v) is 23.4. The summed E-state index contributed by atoms with van der Waals surface area (Å²) in [7, 11) is 0. The molecule has 1 unspecified atom stereocenters. The van der Waals surface area contributed by atoms with E-state index in [2.05, 4.69) is 81.5 Å². The van der Waals surface area contributed by atoms with E-state index in [-0.39, 0.29) is 31.1 Å². The summed E-state index contributed by atoms with van der Waals surface area (Å²) in [6, 6.07) is 0. The number of carbonyl (C=O) groups is 3. The number of carbonyl (C=O) groups excluding carboxylic acids is 3. The molecule has 0 spiro atoms. The lowest BCUT2D eigenvalue weighted by Crippen LogP contribution is -2.30. The molecule has 0 bridgehead atoms. The monoisotopic (exact) mass is 1110 g/mol. The summed E-state index contributed by atoms with van der Waals surface area (Å²) in [5.41, 5.74) is 0. The van der Waals surface area contributed by atoms with Crippen LogP contribution in [0.4, 0.5) is 0 Å². The Balaban J connectivity index is 4.23. The topological polar surface area (TPSA) is 78.9 Å². The van der Waals surface area contributed by atoms with E-state index in [1.165, 1.54) is 238 Å². The second-order valence-electron chi connectivity index (χ2n) is 23.4. The van der Waals surface area contributed by atoms with E-state index in [4.69, 9.17) is 14.2 Å². The van der Waals surface area contributed by atoms with E-state index in [0.29, 0.717) is 19.3 Å². The Kier molecular flexibility index (Phi) is 65.1. The first-order valence-corrected chi connectivity index (χ1v) is 34.8. The summed E-state index contributed by atoms with van der Waals surface area (Å²) >= 11 is 0. The fourth-order valence-electron chi connectivity index (χ4n) is 10.2. The fourth-order valence-corrected chi connectivity index (χ4v) is 10.2. The van der Waals surface area contributed by atoms with Gasteiger partial charge in [-0.1, -0.05) is 326 Å². The van der Waals surface area contributed by atoms with Crippen molar-refractivity contribution in [2.24, 2.45) is 0 Å². The zero-order chi connectivity index (χ0) is 57.1. The second kappa shape index (κ2) is 67.6. The van der Waals surface area contributed by atoms with Crippen molar-refractivity contribution in [2.75, 3.05) is 13.2 Å². The number of rotatable bonds is 64. The van der Waals surface area contributed by atoms with Gasteiger partial charge in [0.1, 0.15) is 13.2 Å². The van der Waals surface area contributed by atoms with Gasteiger partial charge in [0.2, 0.25) is 0 Å². The average Bonchev–Trinajstić information content (AvgIpc) is 3.45. The highest BCUT2D eigenvalue weighted by Crippen LogP contribution is 2.18. The molecule has 1 atom stereocenters. The molecule has 0 fully saturated rings. The van der Waals surface area contributed by atoms with E-state index in [1.807, 2.05) is 0 Å². The van der Waals surface area contributed by atoms with Gasteiger partial charge >= 0.3 is 17.9 Å². The number of unbranched alkanes of at least 4 members (excludes halogenated alkanes) is 43. The van der Waals surface area contributed by atoms with E-state index in [1.54, 1.807) is 0 Å². The first-order valence-electron chi connectivity index (χ1n) is 34.8. The number of esters is 3. The normalized spacial score (nSPS) is 12.4. The molecule has 0 saturated carbocycles. The lowest BCUT2D eigenvalue weighted by atomic mass is 10.0. The molecule has 0 aromatic carbocycles. The third kappa shape index (κ3) is 65.8. The van der Waals surface area contributed by atoms with Crippen LogP contribution in [0.25, 0.3) is 0 Å². The number of hydrogen-bond acceptors (Lipinski definition) is 6. The van der Waals surface area contributed by atoms with E-state index < -0.39 is 6.10 Å². The molecule has 460 valence electrons. The molecule has 6 nitrogen and oxygen atoms in total. The van der Waals surface area contributed by atoms with Crippen molar-refractivity contribution in [3.63, 3.8) is 0 Å². The molecular weight excluding hydrogens is 973 g/mol. The van der Waals surface area contributed by atoms with Gasteiger partial charge < -0.3 is 14.2 Å². The van der Waals surface area contributed by atoms with Crippen LogP contribution in [0.15, 0.2) is 60.8 Å². The first kappa shape index (κ1) is 76.1. The van der Waals surface area contributed by atoms with Crippen molar-refractivity contribution in [1.82, 2.24) is 0 Å². The third-order valence-corrected chi connectivity index (χ3v) is 15.5. The van der Waals surface area contributed by atoms with Crippen LogP contribution >= 0.6 is 0 Å². The van der Waals surface area contributed by atoms with Crippen LogP contribution in [0, 0.1) is 0 Å². The van der Waals surface area contributed by atoms with Crippen molar-refractivity contribution < 1.29 is 28.6 Å². The van der Waals surface area contributed by atoms with E-state index >= 15 is 0 Å². The molecule has 0 aliphatic heterocycles. The minimum absolute atomic E-state index is 0.0749. The van der Waals surface area contributed by atoms with Crippen molar-refractivity contribution in [3.05, 3.63) is 60.8 Å². The molecule has 0 saturated heterocycles. The summed E-state index contributed by atoms with van der Waals surface area (Å²) in [4.78, 5) is 38.4. The number of hydrogen-bond donors (Lipinski definition) is 0. The van der Waals surface area contributed by atoms with Crippen LogP contribution in [0.1, 0.15) is 367 Å². The van der Waals surface area contributed by atoms with Gasteiger partial charge in [0.05, 0.1) is 0 Å². The molecule has 0 aliphatic carbocycles.